The Morgan fingerprint density at radius 1 is 0.933 bits per heavy atom. The fraction of sp³-hybridized carbons (Fsp3) is 0.833. The molecule has 0 aromatic heterocycles. The first kappa shape index (κ1) is 14.8. The van der Waals surface area contributed by atoms with E-state index in [9.17, 15) is 9.59 Å². The van der Waals surface area contributed by atoms with Crippen molar-refractivity contribution < 1.29 is 9.59 Å². The molecule has 0 aliphatic carbocycles. The van der Waals surface area contributed by atoms with Gasteiger partial charge in [-0.25, -0.2) is 0 Å². The Kier molecular flexibility index (Phi) is 11.7. The lowest BCUT2D eigenvalue weighted by molar-refractivity contribution is -0.122. The number of rotatable bonds is 11. The molecule has 15 heavy (non-hydrogen) atoms. The summed E-state index contributed by atoms with van der Waals surface area (Å²) in [4.78, 5) is 21.0. The Balaban J connectivity index is 3.04. The summed E-state index contributed by atoms with van der Waals surface area (Å²) in [6.45, 7) is 0. The van der Waals surface area contributed by atoms with Gasteiger partial charge < -0.3 is 4.79 Å². The van der Waals surface area contributed by atoms with Crippen molar-refractivity contribution in [1.82, 2.24) is 0 Å². The smallest absolute Gasteiger partial charge is 0.139 e. The van der Waals surface area contributed by atoms with E-state index in [0.717, 1.165) is 18.2 Å². The van der Waals surface area contributed by atoms with Crippen LogP contribution < -0.4 is 0 Å². The van der Waals surface area contributed by atoms with Gasteiger partial charge in [-0.3, -0.25) is 4.79 Å². The van der Waals surface area contributed by atoms with Gasteiger partial charge in [-0.1, -0.05) is 48.0 Å². The second-order valence-electron chi connectivity index (χ2n) is 3.82. The molecule has 0 saturated carbocycles. The van der Waals surface area contributed by atoms with Gasteiger partial charge in [0.1, 0.15) is 12.1 Å². The van der Waals surface area contributed by atoms with Crippen LogP contribution in [0, 0.1) is 0 Å². The van der Waals surface area contributed by atoms with Gasteiger partial charge in [0.05, 0.1) is 6.42 Å². The first-order chi connectivity index (χ1) is 7.31. The summed E-state index contributed by atoms with van der Waals surface area (Å²) >= 11 is 3.41. The number of carbonyl (C=O) groups is 2. The normalized spacial score (nSPS) is 10.2. The second kappa shape index (κ2) is 11.9. The van der Waals surface area contributed by atoms with Crippen LogP contribution in [0.1, 0.15) is 57.8 Å². The summed E-state index contributed by atoms with van der Waals surface area (Å²) in [6, 6.07) is 0. The lowest BCUT2D eigenvalue weighted by Crippen LogP contribution is -1.97. The third kappa shape index (κ3) is 11.7. The molecule has 0 atom stereocenters. The molecule has 0 heterocycles. The molecule has 0 unspecified atom stereocenters. The molecule has 0 saturated heterocycles. The Hall–Kier alpha value is -0.180. The van der Waals surface area contributed by atoms with Crippen LogP contribution in [-0.4, -0.2) is 17.4 Å². The molecule has 0 aromatic rings. The summed E-state index contributed by atoms with van der Waals surface area (Å²) < 4.78 is 0. The van der Waals surface area contributed by atoms with Crippen molar-refractivity contribution in [3.05, 3.63) is 0 Å². The van der Waals surface area contributed by atoms with E-state index in [-0.39, 0.29) is 12.2 Å². The first-order valence-electron chi connectivity index (χ1n) is 5.82. The number of unbranched alkanes of at least 4 members (excludes halogenated alkanes) is 6. The fourth-order valence-electron chi connectivity index (χ4n) is 1.50. The topological polar surface area (TPSA) is 34.1 Å². The molecule has 0 radical (unpaired) electrons. The van der Waals surface area contributed by atoms with Gasteiger partial charge in [0.25, 0.3) is 0 Å². The third-order valence-corrected chi connectivity index (χ3v) is 2.96. The van der Waals surface area contributed by atoms with Crippen molar-refractivity contribution in [2.75, 3.05) is 5.33 Å². The van der Waals surface area contributed by atoms with Gasteiger partial charge >= 0.3 is 0 Å². The van der Waals surface area contributed by atoms with Gasteiger partial charge in [-0.15, -0.1) is 0 Å². The molecule has 0 aromatic carbocycles. The lowest BCUT2D eigenvalue weighted by atomic mass is 10.1. The van der Waals surface area contributed by atoms with Crippen LogP contribution in [0.25, 0.3) is 0 Å². The molecule has 0 bridgehead atoms. The Morgan fingerprint density at radius 3 is 2.00 bits per heavy atom. The summed E-state index contributed by atoms with van der Waals surface area (Å²) in [5.74, 6) is 0.0873. The first-order valence-corrected chi connectivity index (χ1v) is 6.94. The molecular weight excluding hydrogens is 256 g/mol. The van der Waals surface area contributed by atoms with Crippen LogP contribution in [0.2, 0.25) is 0 Å². The van der Waals surface area contributed by atoms with E-state index in [4.69, 9.17) is 0 Å². The highest BCUT2D eigenvalue weighted by molar-refractivity contribution is 9.09. The minimum Gasteiger partial charge on any atom is -0.303 e. The van der Waals surface area contributed by atoms with Crippen molar-refractivity contribution in [2.45, 2.75) is 57.8 Å². The molecule has 0 rings (SSSR count). The fourth-order valence-corrected chi connectivity index (χ4v) is 1.89. The predicted octanol–water partition coefficient (Wildman–Crippen LogP) is 3.66. The van der Waals surface area contributed by atoms with Gasteiger partial charge in [-0.05, 0) is 12.8 Å². The van der Waals surface area contributed by atoms with Crippen LogP contribution in [0.4, 0.5) is 0 Å². The number of hydrogen-bond acceptors (Lipinski definition) is 2. The Morgan fingerprint density at radius 2 is 1.47 bits per heavy atom. The standard InChI is InChI=1S/C12H21BrO2/c13-10-7-5-3-1-2-4-6-8-12(15)9-11-14/h11H,1-10H2. The van der Waals surface area contributed by atoms with E-state index in [1.54, 1.807) is 0 Å². The van der Waals surface area contributed by atoms with Crippen molar-refractivity contribution in [3.63, 3.8) is 0 Å². The highest BCUT2D eigenvalue weighted by Gasteiger charge is 1.99. The number of aldehydes is 1. The van der Waals surface area contributed by atoms with Crippen LogP contribution in [0.5, 0.6) is 0 Å². The van der Waals surface area contributed by atoms with Crippen LogP contribution in [0.15, 0.2) is 0 Å². The second-order valence-corrected chi connectivity index (χ2v) is 4.62. The van der Waals surface area contributed by atoms with Gasteiger partial charge in [0.15, 0.2) is 0 Å². The molecule has 88 valence electrons. The third-order valence-electron chi connectivity index (χ3n) is 2.40. The van der Waals surface area contributed by atoms with Crippen LogP contribution >= 0.6 is 15.9 Å². The molecule has 0 amide bonds. The maximum absolute atomic E-state index is 11.0. The SMILES string of the molecule is O=CCC(=O)CCCCCCCCCBr. The van der Waals surface area contributed by atoms with Crippen molar-refractivity contribution >= 4 is 28.0 Å². The highest BCUT2D eigenvalue weighted by atomic mass is 79.9. The lowest BCUT2D eigenvalue weighted by Gasteiger charge is -2.00. The van der Waals surface area contributed by atoms with E-state index in [0.29, 0.717) is 12.7 Å². The number of carbonyl (C=O) groups excluding carboxylic acids is 2. The van der Waals surface area contributed by atoms with Gasteiger partial charge in [0.2, 0.25) is 0 Å². The number of halogens is 1. The van der Waals surface area contributed by atoms with E-state index < -0.39 is 0 Å². The largest absolute Gasteiger partial charge is 0.303 e. The zero-order valence-corrected chi connectivity index (χ0v) is 10.9. The van der Waals surface area contributed by atoms with Crippen molar-refractivity contribution in [3.8, 4) is 0 Å². The van der Waals surface area contributed by atoms with Crippen molar-refractivity contribution in [1.29, 1.82) is 0 Å². The molecule has 0 fully saturated rings. The van der Waals surface area contributed by atoms with Crippen molar-refractivity contribution in [2.24, 2.45) is 0 Å². The highest BCUT2D eigenvalue weighted by Crippen LogP contribution is 2.09. The van der Waals surface area contributed by atoms with Crippen LogP contribution in [0.3, 0.4) is 0 Å². The molecule has 2 nitrogen and oxygen atoms in total. The number of alkyl halides is 1. The van der Waals surface area contributed by atoms with E-state index in [1.165, 1.54) is 32.1 Å². The minimum absolute atomic E-state index is 0.0873. The number of hydrogen-bond donors (Lipinski definition) is 0. The number of Topliss-reactive ketones (excluding diaryl/α,β-unsaturated/α-hetero) is 1. The van der Waals surface area contributed by atoms with E-state index in [1.807, 2.05) is 0 Å². The monoisotopic (exact) mass is 276 g/mol. The molecule has 0 N–H and O–H groups in total. The van der Waals surface area contributed by atoms with E-state index >= 15 is 0 Å². The zero-order valence-electron chi connectivity index (χ0n) is 9.34. The molecule has 0 aliphatic heterocycles. The van der Waals surface area contributed by atoms with E-state index in [2.05, 4.69) is 15.9 Å². The maximum atomic E-state index is 11.0. The summed E-state index contributed by atoms with van der Waals surface area (Å²) in [6.07, 6.45) is 9.81. The molecule has 3 heteroatoms. The summed E-state index contributed by atoms with van der Waals surface area (Å²) in [5, 5.41) is 1.10. The maximum Gasteiger partial charge on any atom is 0.139 e. The Labute approximate surface area is 101 Å². The quantitative estimate of drug-likeness (QED) is 0.250. The average molecular weight is 277 g/mol. The Bertz CT molecular complexity index is 169. The minimum atomic E-state index is 0.0873. The number of ketones is 1. The zero-order chi connectivity index (χ0) is 11.4. The summed E-state index contributed by atoms with van der Waals surface area (Å²) in [7, 11) is 0. The molecule has 0 spiro atoms. The molecular formula is C12H21BrO2. The summed E-state index contributed by atoms with van der Waals surface area (Å²) in [5.41, 5.74) is 0. The van der Waals surface area contributed by atoms with Gasteiger partial charge in [0, 0.05) is 11.8 Å². The van der Waals surface area contributed by atoms with Gasteiger partial charge in [-0.2, -0.15) is 0 Å². The molecule has 0 aliphatic rings. The predicted molar refractivity (Wildman–Crippen MR) is 66.4 cm³/mol. The average Bonchev–Trinajstić information content (AvgIpc) is 2.22. The van der Waals surface area contributed by atoms with Crippen LogP contribution in [-0.2, 0) is 9.59 Å².